The van der Waals surface area contributed by atoms with Gasteiger partial charge in [-0.3, -0.25) is 0 Å². The first-order valence-corrected chi connectivity index (χ1v) is 4.02. The molecule has 11 heavy (non-hydrogen) atoms. The topological polar surface area (TPSA) is 43.1 Å². The van der Waals surface area contributed by atoms with Crippen LogP contribution in [0.25, 0.3) is 0 Å². The highest BCUT2D eigenvalue weighted by molar-refractivity contribution is 5.57. The molecule has 0 spiro atoms. The van der Waals surface area contributed by atoms with Crippen molar-refractivity contribution >= 4 is 6.29 Å². The smallest absolute Gasteiger partial charge is 0.125 e. The van der Waals surface area contributed by atoms with Gasteiger partial charge in [0.2, 0.25) is 0 Å². The monoisotopic (exact) mass is 157 g/mol. The Morgan fingerprint density at radius 2 is 1.64 bits per heavy atom. The van der Waals surface area contributed by atoms with E-state index < -0.39 is 0 Å². The second-order valence-corrected chi connectivity index (χ2v) is 4.60. The van der Waals surface area contributed by atoms with Crippen molar-refractivity contribution in [2.24, 2.45) is 11.1 Å². The fourth-order valence-electron chi connectivity index (χ4n) is 0.703. The first kappa shape index (κ1) is 10.6. The van der Waals surface area contributed by atoms with Crippen LogP contribution in [-0.2, 0) is 4.79 Å². The maximum atomic E-state index is 10.5. The Bertz CT molecular complexity index is 133. The summed E-state index contributed by atoms with van der Waals surface area (Å²) in [6, 6.07) is 0. The number of aldehydes is 1. The SMILES string of the molecule is CC(C)(N)CCC(C)(C)C=O. The number of hydrogen-bond donors (Lipinski definition) is 1. The molecule has 0 aliphatic carbocycles. The van der Waals surface area contributed by atoms with Gasteiger partial charge in [-0.25, -0.2) is 0 Å². The van der Waals surface area contributed by atoms with Crippen molar-refractivity contribution in [3.05, 3.63) is 0 Å². The molecule has 0 saturated carbocycles. The maximum Gasteiger partial charge on any atom is 0.125 e. The van der Waals surface area contributed by atoms with E-state index in [4.69, 9.17) is 5.73 Å². The number of hydrogen-bond acceptors (Lipinski definition) is 2. The maximum absolute atomic E-state index is 10.5. The predicted molar refractivity (Wildman–Crippen MR) is 47.3 cm³/mol. The zero-order valence-electron chi connectivity index (χ0n) is 7.98. The summed E-state index contributed by atoms with van der Waals surface area (Å²) >= 11 is 0. The third-order valence-electron chi connectivity index (χ3n) is 1.73. The summed E-state index contributed by atoms with van der Waals surface area (Å²) in [4.78, 5) is 10.5. The number of nitrogens with two attached hydrogens (primary N) is 1. The highest BCUT2D eigenvalue weighted by atomic mass is 16.1. The van der Waals surface area contributed by atoms with Crippen molar-refractivity contribution in [2.45, 2.75) is 46.1 Å². The summed E-state index contributed by atoms with van der Waals surface area (Å²) in [6.45, 7) is 7.83. The summed E-state index contributed by atoms with van der Waals surface area (Å²) < 4.78 is 0. The summed E-state index contributed by atoms with van der Waals surface area (Å²) in [7, 11) is 0. The van der Waals surface area contributed by atoms with E-state index in [1.54, 1.807) is 0 Å². The van der Waals surface area contributed by atoms with E-state index in [1.807, 2.05) is 27.7 Å². The van der Waals surface area contributed by atoms with Gasteiger partial charge in [0.1, 0.15) is 6.29 Å². The highest BCUT2D eigenvalue weighted by Gasteiger charge is 2.20. The van der Waals surface area contributed by atoms with Crippen LogP contribution in [0.2, 0.25) is 0 Å². The van der Waals surface area contributed by atoms with Gasteiger partial charge in [-0.1, -0.05) is 13.8 Å². The van der Waals surface area contributed by atoms with Crippen LogP contribution in [0, 0.1) is 5.41 Å². The van der Waals surface area contributed by atoms with Crippen molar-refractivity contribution in [3.8, 4) is 0 Å². The Labute approximate surface area is 69.2 Å². The molecule has 2 nitrogen and oxygen atoms in total. The zero-order valence-corrected chi connectivity index (χ0v) is 7.98. The minimum Gasteiger partial charge on any atom is -0.326 e. The zero-order chi connectivity index (χ0) is 9.12. The first-order chi connectivity index (χ1) is 4.77. The van der Waals surface area contributed by atoms with E-state index >= 15 is 0 Å². The molecule has 2 heteroatoms. The van der Waals surface area contributed by atoms with Gasteiger partial charge in [-0.15, -0.1) is 0 Å². The lowest BCUT2D eigenvalue weighted by Gasteiger charge is -2.23. The molecular weight excluding hydrogens is 138 g/mol. The van der Waals surface area contributed by atoms with Crippen LogP contribution in [0.15, 0.2) is 0 Å². The summed E-state index contributed by atoms with van der Waals surface area (Å²) in [5.74, 6) is 0. The molecule has 0 atom stereocenters. The van der Waals surface area contributed by atoms with Crippen LogP contribution in [0.3, 0.4) is 0 Å². The highest BCUT2D eigenvalue weighted by Crippen LogP contribution is 2.22. The molecule has 0 fully saturated rings. The van der Waals surface area contributed by atoms with Crippen LogP contribution in [0.5, 0.6) is 0 Å². The third-order valence-corrected chi connectivity index (χ3v) is 1.73. The average molecular weight is 157 g/mol. The largest absolute Gasteiger partial charge is 0.326 e. The van der Waals surface area contributed by atoms with Crippen LogP contribution in [0.1, 0.15) is 40.5 Å². The number of carbonyl (C=O) groups is 1. The fraction of sp³-hybridized carbons (Fsp3) is 0.889. The van der Waals surface area contributed by atoms with Crippen molar-refractivity contribution < 1.29 is 4.79 Å². The molecule has 2 N–H and O–H groups in total. The van der Waals surface area contributed by atoms with Crippen molar-refractivity contribution in [1.82, 2.24) is 0 Å². The standard InChI is InChI=1S/C9H19NO/c1-8(2,7-11)5-6-9(3,4)10/h7H,5-6,10H2,1-4H3. The second kappa shape index (κ2) is 3.35. The van der Waals surface area contributed by atoms with E-state index in [0.29, 0.717) is 0 Å². The van der Waals surface area contributed by atoms with Crippen molar-refractivity contribution in [2.75, 3.05) is 0 Å². The molecule has 0 aromatic carbocycles. The Kier molecular flexibility index (Phi) is 3.24. The summed E-state index contributed by atoms with van der Waals surface area (Å²) in [5, 5.41) is 0. The molecule has 0 bridgehead atoms. The minimum absolute atomic E-state index is 0.152. The Morgan fingerprint density at radius 1 is 1.18 bits per heavy atom. The Hall–Kier alpha value is -0.370. The lowest BCUT2D eigenvalue weighted by Crippen LogP contribution is -2.33. The van der Waals surface area contributed by atoms with Gasteiger partial charge >= 0.3 is 0 Å². The van der Waals surface area contributed by atoms with E-state index in [2.05, 4.69) is 0 Å². The molecule has 0 aromatic heterocycles. The van der Waals surface area contributed by atoms with Crippen LogP contribution in [0.4, 0.5) is 0 Å². The quantitative estimate of drug-likeness (QED) is 0.631. The Balaban J connectivity index is 3.79. The molecule has 0 rings (SSSR count). The molecule has 66 valence electrons. The van der Waals surface area contributed by atoms with Gasteiger partial charge in [0.25, 0.3) is 0 Å². The first-order valence-electron chi connectivity index (χ1n) is 4.02. The van der Waals surface area contributed by atoms with Crippen molar-refractivity contribution in [3.63, 3.8) is 0 Å². The van der Waals surface area contributed by atoms with Crippen molar-refractivity contribution in [1.29, 1.82) is 0 Å². The second-order valence-electron chi connectivity index (χ2n) is 4.60. The minimum atomic E-state index is -0.212. The number of carbonyl (C=O) groups excluding carboxylic acids is 1. The van der Waals surface area contributed by atoms with E-state index in [0.717, 1.165) is 19.1 Å². The lowest BCUT2D eigenvalue weighted by atomic mass is 9.85. The molecule has 0 heterocycles. The summed E-state index contributed by atoms with van der Waals surface area (Å²) in [5.41, 5.74) is 5.42. The predicted octanol–water partition coefficient (Wildman–Crippen LogP) is 1.73. The lowest BCUT2D eigenvalue weighted by molar-refractivity contribution is -0.115. The molecule has 0 saturated heterocycles. The van der Waals surface area contributed by atoms with E-state index in [1.165, 1.54) is 0 Å². The van der Waals surface area contributed by atoms with Crippen LogP contribution < -0.4 is 5.73 Å². The molecule has 0 aliphatic heterocycles. The van der Waals surface area contributed by atoms with Crippen LogP contribution in [-0.4, -0.2) is 11.8 Å². The molecular formula is C9H19NO. The van der Waals surface area contributed by atoms with Gasteiger partial charge in [-0.2, -0.15) is 0 Å². The average Bonchev–Trinajstić information content (AvgIpc) is 1.83. The van der Waals surface area contributed by atoms with E-state index in [9.17, 15) is 4.79 Å². The van der Waals surface area contributed by atoms with Gasteiger partial charge in [0.15, 0.2) is 0 Å². The summed E-state index contributed by atoms with van der Waals surface area (Å²) in [6.07, 6.45) is 2.75. The fourth-order valence-corrected chi connectivity index (χ4v) is 0.703. The number of rotatable bonds is 4. The van der Waals surface area contributed by atoms with Gasteiger partial charge < -0.3 is 10.5 Å². The molecule has 0 aliphatic rings. The third kappa shape index (κ3) is 6.05. The van der Waals surface area contributed by atoms with Gasteiger partial charge in [0.05, 0.1) is 0 Å². The molecule has 0 amide bonds. The Morgan fingerprint density at radius 3 is 1.91 bits per heavy atom. The van der Waals surface area contributed by atoms with Gasteiger partial charge in [0, 0.05) is 11.0 Å². The van der Waals surface area contributed by atoms with E-state index in [-0.39, 0.29) is 11.0 Å². The molecule has 0 unspecified atom stereocenters. The molecule has 0 aromatic rings. The van der Waals surface area contributed by atoms with Crippen LogP contribution >= 0.6 is 0 Å². The van der Waals surface area contributed by atoms with Gasteiger partial charge in [-0.05, 0) is 26.7 Å². The normalized spacial score (nSPS) is 13.2. The molecule has 0 radical (unpaired) electrons.